The summed E-state index contributed by atoms with van der Waals surface area (Å²) in [6.07, 6.45) is 0.503. The zero-order chi connectivity index (χ0) is 13.1. The van der Waals surface area contributed by atoms with Gasteiger partial charge in [-0.1, -0.05) is 0 Å². The zero-order valence-corrected chi connectivity index (χ0v) is 10.3. The summed E-state index contributed by atoms with van der Waals surface area (Å²) in [7, 11) is 0. The summed E-state index contributed by atoms with van der Waals surface area (Å²) in [6.45, 7) is 5.55. The van der Waals surface area contributed by atoms with Crippen LogP contribution in [0.3, 0.4) is 0 Å². The van der Waals surface area contributed by atoms with Gasteiger partial charge in [-0.25, -0.2) is 0 Å². The van der Waals surface area contributed by atoms with Crippen LogP contribution in [0.1, 0.15) is 25.8 Å². The van der Waals surface area contributed by atoms with Crippen LogP contribution in [0.25, 0.3) is 0 Å². The van der Waals surface area contributed by atoms with Gasteiger partial charge in [-0.05, 0) is 32.4 Å². The normalized spacial score (nSPS) is 11.3. The van der Waals surface area contributed by atoms with Crippen LogP contribution in [0.4, 0.5) is 5.69 Å². The minimum atomic E-state index is -0.769. The number of aliphatic hydroxyl groups is 1. The average molecular weight is 239 g/mol. The van der Waals surface area contributed by atoms with E-state index in [0.29, 0.717) is 18.8 Å². The van der Waals surface area contributed by atoms with Gasteiger partial charge in [0.2, 0.25) is 0 Å². The second-order valence-electron chi connectivity index (χ2n) is 4.62. The summed E-state index contributed by atoms with van der Waals surface area (Å²) in [6, 6.07) is 4.46. The van der Waals surface area contributed by atoms with Crippen molar-refractivity contribution in [3.8, 4) is 5.75 Å². The monoisotopic (exact) mass is 239 g/mol. The van der Waals surface area contributed by atoms with Gasteiger partial charge < -0.3 is 9.84 Å². The quantitative estimate of drug-likeness (QED) is 0.632. The third-order valence-corrected chi connectivity index (χ3v) is 2.34. The van der Waals surface area contributed by atoms with Gasteiger partial charge in [0.15, 0.2) is 0 Å². The van der Waals surface area contributed by atoms with Crippen LogP contribution < -0.4 is 4.74 Å². The first-order valence-corrected chi connectivity index (χ1v) is 5.40. The Labute approximate surface area is 100 Å². The van der Waals surface area contributed by atoms with Gasteiger partial charge in [-0.3, -0.25) is 10.1 Å². The Kier molecular flexibility index (Phi) is 4.07. The lowest BCUT2D eigenvalue weighted by molar-refractivity contribution is -0.384. The van der Waals surface area contributed by atoms with Gasteiger partial charge in [-0.15, -0.1) is 0 Å². The minimum Gasteiger partial charge on any atom is -0.493 e. The van der Waals surface area contributed by atoms with E-state index in [1.807, 2.05) is 0 Å². The molecule has 0 aromatic heterocycles. The predicted octanol–water partition coefficient (Wildman–Crippen LogP) is 2.44. The van der Waals surface area contributed by atoms with Gasteiger partial charge in [-0.2, -0.15) is 0 Å². The van der Waals surface area contributed by atoms with E-state index in [1.165, 1.54) is 12.1 Å². The highest BCUT2D eigenvalue weighted by atomic mass is 16.6. The van der Waals surface area contributed by atoms with Crippen molar-refractivity contribution in [2.75, 3.05) is 6.61 Å². The number of nitro groups is 1. The first-order chi connectivity index (χ1) is 7.79. The summed E-state index contributed by atoms with van der Waals surface area (Å²) >= 11 is 0. The number of hydrogen-bond acceptors (Lipinski definition) is 4. The van der Waals surface area contributed by atoms with Crippen molar-refractivity contribution in [1.82, 2.24) is 0 Å². The lowest BCUT2D eigenvalue weighted by Crippen LogP contribution is -2.21. The van der Waals surface area contributed by atoms with Crippen LogP contribution in [0.2, 0.25) is 0 Å². The Morgan fingerprint density at radius 2 is 2.12 bits per heavy atom. The van der Waals surface area contributed by atoms with Crippen LogP contribution in [0.15, 0.2) is 18.2 Å². The molecule has 5 heteroatoms. The number of aryl methyl sites for hydroxylation is 1. The van der Waals surface area contributed by atoms with Crippen molar-refractivity contribution < 1.29 is 14.8 Å². The number of nitro benzene ring substituents is 1. The van der Waals surface area contributed by atoms with E-state index >= 15 is 0 Å². The Hall–Kier alpha value is -1.62. The molecule has 5 nitrogen and oxygen atoms in total. The molecule has 1 N–H and O–H groups in total. The number of nitrogens with zero attached hydrogens (tertiary/aromatic N) is 1. The molecular formula is C12H17NO4. The SMILES string of the molecule is Cc1cc([N+](=O)[O-])ccc1OCCC(C)(C)O. The lowest BCUT2D eigenvalue weighted by Gasteiger charge is -2.17. The second-order valence-corrected chi connectivity index (χ2v) is 4.62. The molecule has 94 valence electrons. The number of rotatable bonds is 5. The maximum atomic E-state index is 10.5. The Morgan fingerprint density at radius 1 is 1.47 bits per heavy atom. The van der Waals surface area contributed by atoms with Gasteiger partial charge in [0.05, 0.1) is 17.1 Å². The van der Waals surface area contributed by atoms with Crippen molar-refractivity contribution in [3.63, 3.8) is 0 Å². The molecule has 0 unspecified atom stereocenters. The van der Waals surface area contributed by atoms with Gasteiger partial charge in [0.1, 0.15) is 5.75 Å². The zero-order valence-electron chi connectivity index (χ0n) is 10.3. The topological polar surface area (TPSA) is 72.6 Å². The van der Waals surface area contributed by atoms with E-state index in [1.54, 1.807) is 26.8 Å². The molecule has 0 radical (unpaired) electrons. The van der Waals surface area contributed by atoms with Crippen LogP contribution in [-0.2, 0) is 0 Å². The largest absolute Gasteiger partial charge is 0.493 e. The van der Waals surface area contributed by atoms with Crippen molar-refractivity contribution in [2.45, 2.75) is 32.8 Å². The van der Waals surface area contributed by atoms with Crippen LogP contribution in [0, 0.1) is 17.0 Å². The van der Waals surface area contributed by atoms with Crippen LogP contribution >= 0.6 is 0 Å². The standard InChI is InChI=1S/C12H17NO4/c1-9-8-10(13(15)16)4-5-11(9)17-7-6-12(2,3)14/h4-5,8,14H,6-7H2,1-3H3. The van der Waals surface area contributed by atoms with E-state index in [2.05, 4.69) is 0 Å². The minimum absolute atomic E-state index is 0.0531. The molecule has 0 heterocycles. The third kappa shape index (κ3) is 4.40. The van der Waals surface area contributed by atoms with Crippen molar-refractivity contribution in [2.24, 2.45) is 0 Å². The molecular weight excluding hydrogens is 222 g/mol. The summed E-state index contributed by atoms with van der Waals surface area (Å²) in [5, 5.41) is 20.1. The molecule has 1 rings (SSSR count). The molecule has 0 aliphatic rings. The van der Waals surface area contributed by atoms with E-state index in [4.69, 9.17) is 4.74 Å². The van der Waals surface area contributed by atoms with E-state index in [9.17, 15) is 15.2 Å². The predicted molar refractivity (Wildman–Crippen MR) is 64.2 cm³/mol. The summed E-state index contributed by atoms with van der Waals surface area (Å²) < 4.78 is 5.46. The molecule has 0 aliphatic carbocycles. The number of hydrogen-bond donors (Lipinski definition) is 1. The first-order valence-electron chi connectivity index (χ1n) is 5.40. The summed E-state index contributed by atoms with van der Waals surface area (Å²) in [4.78, 5) is 10.1. The number of benzene rings is 1. The van der Waals surface area contributed by atoms with Crippen LogP contribution in [0.5, 0.6) is 5.75 Å². The molecule has 0 amide bonds. The highest BCUT2D eigenvalue weighted by molar-refractivity contribution is 5.42. The van der Waals surface area contributed by atoms with Crippen molar-refractivity contribution in [1.29, 1.82) is 0 Å². The molecule has 0 saturated carbocycles. The molecule has 0 bridgehead atoms. The highest BCUT2D eigenvalue weighted by Crippen LogP contribution is 2.23. The smallest absolute Gasteiger partial charge is 0.269 e. The number of non-ortho nitro benzene ring substituents is 1. The van der Waals surface area contributed by atoms with Gasteiger partial charge in [0.25, 0.3) is 5.69 Å². The van der Waals surface area contributed by atoms with Gasteiger partial charge in [0, 0.05) is 18.6 Å². The molecule has 0 spiro atoms. The number of ether oxygens (including phenoxy) is 1. The van der Waals surface area contributed by atoms with Gasteiger partial charge >= 0.3 is 0 Å². The molecule has 0 fully saturated rings. The maximum absolute atomic E-state index is 10.5. The first kappa shape index (κ1) is 13.4. The molecule has 1 aromatic carbocycles. The summed E-state index contributed by atoms with van der Waals surface area (Å²) in [5.41, 5.74) is 0.00147. The molecule has 0 saturated heterocycles. The third-order valence-electron chi connectivity index (χ3n) is 2.34. The van der Waals surface area contributed by atoms with E-state index in [-0.39, 0.29) is 5.69 Å². The second kappa shape index (κ2) is 5.14. The van der Waals surface area contributed by atoms with Crippen molar-refractivity contribution >= 4 is 5.69 Å². The Balaban J connectivity index is 2.64. The highest BCUT2D eigenvalue weighted by Gasteiger charge is 2.13. The lowest BCUT2D eigenvalue weighted by atomic mass is 10.1. The fraction of sp³-hybridized carbons (Fsp3) is 0.500. The molecule has 1 aromatic rings. The molecule has 0 atom stereocenters. The average Bonchev–Trinajstić information content (AvgIpc) is 2.18. The van der Waals surface area contributed by atoms with E-state index < -0.39 is 10.5 Å². The van der Waals surface area contributed by atoms with Crippen molar-refractivity contribution in [3.05, 3.63) is 33.9 Å². The van der Waals surface area contributed by atoms with Crippen LogP contribution in [-0.4, -0.2) is 22.2 Å². The Morgan fingerprint density at radius 3 is 2.59 bits per heavy atom. The maximum Gasteiger partial charge on any atom is 0.269 e. The summed E-state index contributed by atoms with van der Waals surface area (Å²) in [5.74, 6) is 0.611. The molecule has 17 heavy (non-hydrogen) atoms. The fourth-order valence-electron chi connectivity index (χ4n) is 1.32. The Bertz CT molecular complexity index is 409. The molecule has 0 aliphatic heterocycles. The fourth-order valence-corrected chi connectivity index (χ4v) is 1.32. The van der Waals surface area contributed by atoms with E-state index in [0.717, 1.165) is 5.56 Å².